The topological polar surface area (TPSA) is 104 Å². The van der Waals surface area contributed by atoms with Crippen LogP contribution >= 0.6 is 0 Å². The molecule has 0 spiro atoms. The Balaban J connectivity index is 1.65. The zero-order valence-electron chi connectivity index (χ0n) is 16.1. The Morgan fingerprint density at radius 2 is 1.90 bits per heavy atom. The van der Waals surface area contributed by atoms with Crippen LogP contribution in [0.5, 0.6) is 5.75 Å². The normalized spacial score (nSPS) is 14.0. The standard InChI is InChI=1S/C20H20N4O4S/c1-28-15-7-3-13(4-8-15)12-24-18(14-5-6-14)11-17(23-24)19(25)16-9-10-21-20(22-16)29(2,26)27/h3-4,7-11,14H,5-6,12H2,1-2H3. The summed E-state index contributed by atoms with van der Waals surface area (Å²) in [5.41, 5.74) is 2.30. The second-order valence-corrected chi connectivity index (χ2v) is 8.97. The molecule has 0 radical (unpaired) electrons. The molecule has 3 aromatic rings. The molecule has 2 heterocycles. The van der Waals surface area contributed by atoms with Crippen LogP contribution in [0.3, 0.4) is 0 Å². The van der Waals surface area contributed by atoms with Gasteiger partial charge in [-0.25, -0.2) is 18.4 Å². The number of benzene rings is 1. The van der Waals surface area contributed by atoms with Gasteiger partial charge in [-0.15, -0.1) is 0 Å². The molecule has 0 amide bonds. The fraction of sp³-hybridized carbons (Fsp3) is 0.300. The van der Waals surface area contributed by atoms with E-state index in [4.69, 9.17) is 4.74 Å². The van der Waals surface area contributed by atoms with Crippen molar-refractivity contribution in [3.8, 4) is 5.75 Å². The lowest BCUT2D eigenvalue weighted by molar-refractivity contribution is 0.102. The van der Waals surface area contributed by atoms with Crippen LogP contribution in [-0.4, -0.2) is 47.3 Å². The van der Waals surface area contributed by atoms with Crippen molar-refractivity contribution in [3.63, 3.8) is 0 Å². The van der Waals surface area contributed by atoms with Crippen molar-refractivity contribution < 1.29 is 17.9 Å². The first-order valence-electron chi connectivity index (χ1n) is 9.13. The number of hydrogen-bond acceptors (Lipinski definition) is 7. The van der Waals surface area contributed by atoms with Gasteiger partial charge >= 0.3 is 0 Å². The molecule has 1 fully saturated rings. The van der Waals surface area contributed by atoms with Crippen LogP contribution in [0.4, 0.5) is 0 Å². The number of aromatic nitrogens is 4. The average Bonchev–Trinajstić information content (AvgIpc) is 3.48. The lowest BCUT2D eigenvalue weighted by atomic mass is 10.1. The first-order chi connectivity index (χ1) is 13.8. The van der Waals surface area contributed by atoms with Gasteiger partial charge in [-0.2, -0.15) is 5.10 Å². The molecule has 0 saturated heterocycles. The van der Waals surface area contributed by atoms with Crippen molar-refractivity contribution in [1.29, 1.82) is 0 Å². The third kappa shape index (κ3) is 4.19. The number of carbonyl (C=O) groups excluding carboxylic acids is 1. The van der Waals surface area contributed by atoms with E-state index >= 15 is 0 Å². The number of carbonyl (C=O) groups is 1. The van der Waals surface area contributed by atoms with Gasteiger partial charge in [-0.05, 0) is 42.7 Å². The van der Waals surface area contributed by atoms with E-state index in [2.05, 4.69) is 15.1 Å². The van der Waals surface area contributed by atoms with Crippen molar-refractivity contribution in [1.82, 2.24) is 19.7 Å². The summed E-state index contributed by atoms with van der Waals surface area (Å²) in [6.07, 6.45) is 4.40. The van der Waals surface area contributed by atoms with Crippen LogP contribution in [0.2, 0.25) is 0 Å². The molecule has 1 aromatic carbocycles. The summed E-state index contributed by atoms with van der Waals surface area (Å²) in [5.74, 6) is 0.741. The molecule has 1 saturated carbocycles. The number of methoxy groups -OCH3 is 1. The first-order valence-corrected chi connectivity index (χ1v) is 11.0. The predicted molar refractivity (Wildman–Crippen MR) is 105 cm³/mol. The van der Waals surface area contributed by atoms with E-state index in [0.29, 0.717) is 12.5 Å². The zero-order chi connectivity index (χ0) is 20.6. The van der Waals surface area contributed by atoms with E-state index < -0.39 is 15.6 Å². The molecule has 0 atom stereocenters. The minimum absolute atomic E-state index is 0.0110. The lowest BCUT2D eigenvalue weighted by Gasteiger charge is -2.07. The van der Waals surface area contributed by atoms with Gasteiger partial charge in [0.15, 0.2) is 0 Å². The van der Waals surface area contributed by atoms with Crippen molar-refractivity contribution in [3.05, 3.63) is 65.2 Å². The van der Waals surface area contributed by atoms with Gasteiger partial charge in [0.05, 0.1) is 13.7 Å². The summed E-state index contributed by atoms with van der Waals surface area (Å²) in [6.45, 7) is 0.529. The lowest BCUT2D eigenvalue weighted by Crippen LogP contribution is -2.11. The molecule has 0 aliphatic heterocycles. The van der Waals surface area contributed by atoms with Gasteiger partial charge in [0.25, 0.3) is 0 Å². The predicted octanol–water partition coefficient (Wildman–Crippen LogP) is 2.24. The van der Waals surface area contributed by atoms with Crippen molar-refractivity contribution >= 4 is 15.6 Å². The number of rotatable bonds is 7. The van der Waals surface area contributed by atoms with Crippen LogP contribution in [0.25, 0.3) is 0 Å². The van der Waals surface area contributed by atoms with E-state index in [1.807, 2.05) is 28.9 Å². The van der Waals surface area contributed by atoms with Gasteiger partial charge in [-0.3, -0.25) is 9.48 Å². The smallest absolute Gasteiger partial charge is 0.247 e. The van der Waals surface area contributed by atoms with E-state index in [-0.39, 0.29) is 16.5 Å². The average molecular weight is 412 g/mol. The van der Waals surface area contributed by atoms with E-state index in [1.165, 1.54) is 12.3 Å². The Bertz CT molecular complexity index is 1170. The third-order valence-corrected chi connectivity index (χ3v) is 5.59. The number of hydrogen-bond donors (Lipinski definition) is 0. The number of ether oxygens (including phenoxy) is 1. The second kappa shape index (κ2) is 7.40. The summed E-state index contributed by atoms with van der Waals surface area (Å²) >= 11 is 0. The SMILES string of the molecule is COc1ccc(Cn2nc(C(=O)c3ccnc(S(C)(=O)=O)n3)cc2C2CC2)cc1. The molecule has 0 unspecified atom stereocenters. The highest BCUT2D eigenvalue weighted by atomic mass is 32.2. The monoisotopic (exact) mass is 412 g/mol. The fourth-order valence-electron chi connectivity index (χ4n) is 3.06. The van der Waals surface area contributed by atoms with Crippen LogP contribution in [0.1, 0.15) is 46.2 Å². The van der Waals surface area contributed by atoms with Crippen LogP contribution < -0.4 is 4.74 Å². The highest BCUT2D eigenvalue weighted by molar-refractivity contribution is 7.90. The Morgan fingerprint density at radius 1 is 1.17 bits per heavy atom. The maximum Gasteiger partial charge on any atom is 0.247 e. The highest BCUT2D eigenvalue weighted by Gasteiger charge is 2.30. The molecular formula is C20H20N4O4S. The summed E-state index contributed by atoms with van der Waals surface area (Å²) in [7, 11) is -1.99. The molecule has 1 aliphatic rings. The fourth-order valence-corrected chi connectivity index (χ4v) is 3.57. The molecule has 9 heteroatoms. The Kier molecular flexibility index (Phi) is 4.91. The largest absolute Gasteiger partial charge is 0.497 e. The summed E-state index contributed by atoms with van der Waals surface area (Å²) in [5, 5.41) is 4.13. The summed E-state index contributed by atoms with van der Waals surface area (Å²) in [4.78, 5) is 20.5. The van der Waals surface area contributed by atoms with E-state index in [1.54, 1.807) is 13.2 Å². The van der Waals surface area contributed by atoms with E-state index in [0.717, 1.165) is 36.1 Å². The van der Waals surface area contributed by atoms with Crippen LogP contribution in [0.15, 0.2) is 47.8 Å². The maximum absolute atomic E-state index is 12.9. The Labute approximate surface area is 168 Å². The Hall–Kier alpha value is -3.07. The quantitative estimate of drug-likeness (QED) is 0.433. The van der Waals surface area contributed by atoms with Gasteiger partial charge in [0.1, 0.15) is 17.1 Å². The highest BCUT2D eigenvalue weighted by Crippen LogP contribution is 2.40. The molecule has 2 aromatic heterocycles. The third-order valence-electron chi connectivity index (χ3n) is 4.73. The van der Waals surface area contributed by atoms with Gasteiger partial charge < -0.3 is 4.74 Å². The van der Waals surface area contributed by atoms with Crippen molar-refractivity contribution in [2.75, 3.05) is 13.4 Å². The second-order valence-electron chi connectivity index (χ2n) is 7.06. The molecule has 4 rings (SSSR count). The van der Waals surface area contributed by atoms with Crippen molar-refractivity contribution in [2.24, 2.45) is 0 Å². The van der Waals surface area contributed by atoms with Crippen molar-refractivity contribution in [2.45, 2.75) is 30.5 Å². The number of ketones is 1. The van der Waals surface area contributed by atoms with Crippen LogP contribution in [-0.2, 0) is 16.4 Å². The van der Waals surface area contributed by atoms with Gasteiger partial charge in [0, 0.05) is 24.1 Å². The molecule has 0 bridgehead atoms. The van der Waals surface area contributed by atoms with Crippen LogP contribution in [0, 0.1) is 0 Å². The van der Waals surface area contributed by atoms with E-state index in [9.17, 15) is 13.2 Å². The molecule has 0 N–H and O–H groups in total. The minimum atomic E-state index is -3.60. The minimum Gasteiger partial charge on any atom is -0.497 e. The zero-order valence-corrected chi connectivity index (χ0v) is 16.9. The summed E-state index contributed by atoms with van der Waals surface area (Å²) < 4.78 is 30.4. The molecule has 150 valence electrons. The number of sulfone groups is 1. The summed E-state index contributed by atoms with van der Waals surface area (Å²) in [6, 6.07) is 10.9. The molecule has 8 nitrogen and oxygen atoms in total. The van der Waals surface area contributed by atoms with Gasteiger partial charge in [-0.1, -0.05) is 12.1 Å². The first kappa shape index (κ1) is 19.3. The number of nitrogens with zero attached hydrogens (tertiary/aromatic N) is 4. The maximum atomic E-state index is 12.9. The Morgan fingerprint density at radius 3 is 2.52 bits per heavy atom. The molecule has 29 heavy (non-hydrogen) atoms. The molecule has 1 aliphatic carbocycles. The van der Waals surface area contributed by atoms with Gasteiger partial charge in [0.2, 0.25) is 20.8 Å². The molecular weight excluding hydrogens is 392 g/mol.